The molecule has 1 aliphatic rings. The van der Waals surface area contributed by atoms with Crippen LogP contribution in [-0.2, 0) is 4.74 Å². The average Bonchev–Trinajstić information content (AvgIpc) is 2.26. The Balaban J connectivity index is 2.48. The summed E-state index contributed by atoms with van der Waals surface area (Å²) in [5.74, 6) is 0. The second-order valence-electron chi connectivity index (χ2n) is 4.77. The predicted molar refractivity (Wildman–Crippen MR) is 63.0 cm³/mol. The van der Waals surface area contributed by atoms with Crippen LogP contribution < -0.4 is 5.73 Å². The Bertz CT molecular complexity index is 179. The number of rotatable bonds is 5. The number of nitrogens with two attached hydrogens (primary N) is 1. The van der Waals surface area contributed by atoms with Gasteiger partial charge in [-0.3, -0.25) is 4.90 Å². The molecule has 1 rings (SSSR count). The highest BCUT2D eigenvalue weighted by molar-refractivity contribution is 4.92. The van der Waals surface area contributed by atoms with E-state index < -0.39 is 0 Å². The van der Waals surface area contributed by atoms with E-state index in [9.17, 15) is 0 Å². The minimum atomic E-state index is 0.175. The lowest BCUT2D eigenvalue weighted by molar-refractivity contribution is -0.0145. The van der Waals surface area contributed by atoms with Gasteiger partial charge in [0, 0.05) is 38.4 Å². The molecule has 0 saturated carbocycles. The molecule has 0 unspecified atom stereocenters. The smallest absolute Gasteiger partial charge is 0.0484 e. The monoisotopic (exact) mass is 215 g/mol. The van der Waals surface area contributed by atoms with Gasteiger partial charge in [0.2, 0.25) is 0 Å². The second-order valence-corrected chi connectivity index (χ2v) is 4.77. The third-order valence-electron chi connectivity index (χ3n) is 3.50. The summed E-state index contributed by atoms with van der Waals surface area (Å²) in [5, 5.41) is 0. The lowest BCUT2D eigenvalue weighted by Crippen LogP contribution is -2.56. The van der Waals surface area contributed by atoms with Crippen LogP contribution in [-0.4, -0.2) is 69.3 Å². The molecule has 15 heavy (non-hydrogen) atoms. The molecule has 0 aromatic heterocycles. The van der Waals surface area contributed by atoms with Crippen molar-refractivity contribution < 1.29 is 4.74 Å². The van der Waals surface area contributed by atoms with Crippen molar-refractivity contribution in [2.24, 2.45) is 5.73 Å². The van der Waals surface area contributed by atoms with Crippen LogP contribution in [0, 0.1) is 0 Å². The van der Waals surface area contributed by atoms with Crippen molar-refractivity contribution in [2.75, 3.05) is 54.0 Å². The molecule has 0 aromatic carbocycles. The maximum absolute atomic E-state index is 5.93. The molecule has 2 N–H and O–H groups in total. The largest absolute Gasteiger partial charge is 0.381 e. The normalized spacial score (nSPS) is 21.2. The molecule has 90 valence electrons. The van der Waals surface area contributed by atoms with E-state index in [0.717, 1.165) is 45.7 Å². The zero-order valence-electron chi connectivity index (χ0n) is 10.3. The Morgan fingerprint density at radius 3 is 2.20 bits per heavy atom. The van der Waals surface area contributed by atoms with E-state index in [1.165, 1.54) is 0 Å². The summed E-state index contributed by atoms with van der Waals surface area (Å²) in [6.07, 6.45) is 2.13. The first-order chi connectivity index (χ1) is 7.10. The van der Waals surface area contributed by atoms with Crippen LogP contribution in [0.4, 0.5) is 0 Å². The van der Waals surface area contributed by atoms with Crippen LogP contribution in [0.15, 0.2) is 0 Å². The highest BCUT2D eigenvalue weighted by atomic mass is 16.5. The SMILES string of the molecule is CN(C)CCN(C)C1(CN)CCOCC1. The first kappa shape index (κ1) is 12.9. The van der Waals surface area contributed by atoms with Gasteiger partial charge in [-0.05, 0) is 34.0 Å². The molecule has 4 heteroatoms. The van der Waals surface area contributed by atoms with E-state index >= 15 is 0 Å². The Hall–Kier alpha value is -0.160. The third-order valence-corrected chi connectivity index (χ3v) is 3.50. The van der Waals surface area contributed by atoms with Gasteiger partial charge in [0.15, 0.2) is 0 Å². The zero-order chi connectivity index (χ0) is 11.3. The molecule has 1 aliphatic heterocycles. The fraction of sp³-hybridized carbons (Fsp3) is 1.00. The van der Waals surface area contributed by atoms with Crippen LogP contribution in [0.25, 0.3) is 0 Å². The van der Waals surface area contributed by atoms with E-state index in [-0.39, 0.29) is 5.54 Å². The third kappa shape index (κ3) is 3.41. The molecular weight excluding hydrogens is 190 g/mol. The van der Waals surface area contributed by atoms with E-state index in [4.69, 9.17) is 10.5 Å². The molecule has 1 heterocycles. The molecule has 0 amide bonds. The van der Waals surface area contributed by atoms with Crippen LogP contribution >= 0.6 is 0 Å². The van der Waals surface area contributed by atoms with Crippen molar-refractivity contribution in [3.8, 4) is 0 Å². The lowest BCUT2D eigenvalue weighted by atomic mass is 9.88. The second kappa shape index (κ2) is 5.80. The summed E-state index contributed by atoms with van der Waals surface area (Å²) >= 11 is 0. The van der Waals surface area contributed by atoms with Crippen molar-refractivity contribution in [3.05, 3.63) is 0 Å². The molecule has 4 nitrogen and oxygen atoms in total. The number of ether oxygens (including phenoxy) is 1. The summed E-state index contributed by atoms with van der Waals surface area (Å²) in [6.45, 7) is 4.59. The van der Waals surface area contributed by atoms with E-state index in [2.05, 4.69) is 30.9 Å². The summed E-state index contributed by atoms with van der Waals surface area (Å²) in [6, 6.07) is 0. The van der Waals surface area contributed by atoms with Gasteiger partial charge in [0.1, 0.15) is 0 Å². The highest BCUT2D eigenvalue weighted by Gasteiger charge is 2.34. The van der Waals surface area contributed by atoms with Crippen LogP contribution in [0.3, 0.4) is 0 Å². The first-order valence-corrected chi connectivity index (χ1v) is 5.74. The predicted octanol–water partition coefficient (Wildman–Crippen LogP) is -0.0123. The van der Waals surface area contributed by atoms with Gasteiger partial charge in [-0.25, -0.2) is 0 Å². The molecule has 1 saturated heterocycles. The minimum absolute atomic E-state index is 0.175. The Kier molecular flexibility index (Phi) is 4.99. The fourth-order valence-electron chi connectivity index (χ4n) is 2.08. The van der Waals surface area contributed by atoms with Gasteiger partial charge >= 0.3 is 0 Å². The molecule has 0 radical (unpaired) electrons. The summed E-state index contributed by atoms with van der Waals surface area (Å²) in [7, 11) is 6.39. The van der Waals surface area contributed by atoms with Gasteiger partial charge in [-0.2, -0.15) is 0 Å². The van der Waals surface area contributed by atoms with Gasteiger partial charge in [0.25, 0.3) is 0 Å². The molecular formula is C11H25N3O. The number of hydrogen-bond donors (Lipinski definition) is 1. The number of likely N-dealkylation sites (N-methyl/N-ethyl adjacent to an activating group) is 2. The van der Waals surface area contributed by atoms with Crippen molar-refractivity contribution in [2.45, 2.75) is 18.4 Å². The number of hydrogen-bond acceptors (Lipinski definition) is 4. The minimum Gasteiger partial charge on any atom is -0.381 e. The van der Waals surface area contributed by atoms with Gasteiger partial charge < -0.3 is 15.4 Å². The molecule has 0 atom stereocenters. The van der Waals surface area contributed by atoms with Crippen LogP contribution in [0.1, 0.15) is 12.8 Å². The average molecular weight is 215 g/mol. The summed E-state index contributed by atoms with van der Waals surface area (Å²) in [4.78, 5) is 4.62. The summed E-state index contributed by atoms with van der Waals surface area (Å²) in [5.41, 5.74) is 6.11. The van der Waals surface area contributed by atoms with Crippen molar-refractivity contribution >= 4 is 0 Å². The molecule has 1 fully saturated rings. The van der Waals surface area contributed by atoms with Gasteiger partial charge in [0.05, 0.1) is 0 Å². The van der Waals surface area contributed by atoms with Crippen LogP contribution in [0.5, 0.6) is 0 Å². The standard InChI is InChI=1S/C11H25N3O/c1-13(2)6-7-14(3)11(10-12)4-8-15-9-5-11/h4-10,12H2,1-3H3. The zero-order valence-corrected chi connectivity index (χ0v) is 10.3. The van der Waals surface area contributed by atoms with Gasteiger partial charge in [-0.1, -0.05) is 0 Å². The summed E-state index contributed by atoms with van der Waals surface area (Å²) < 4.78 is 5.41. The van der Waals surface area contributed by atoms with Crippen molar-refractivity contribution in [1.29, 1.82) is 0 Å². The lowest BCUT2D eigenvalue weighted by Gasteiger charge is -2.44. The Morgan fingerprint density at radius 1 is 1.13 bits per heavy atom. The van der Waals surface area contributed by atoms with Crippen molar-refractivity contribution in [3.63, 3.8) is 0 Å². The highest BCUT2D eigenvalue weighted by Crippen LogP contribution is 2.25. The van der Waals surface area contributed by atoms with E-state index in [1.807, 2.05) is 0 Å². The first-order valence-electron chi connectivity index (χ1n) is 5.74. The maximum atomic E-state index is 5.93. The van der Waals surface area contributed by atoms with Gasteiger partial charge in [-0.15, -0.1) is 0 Å². The van der Waals surface area contributed by atoms with E-state index in [0.29, 0.717) is 0 Å². The Morgan fingerprint density at radius 2 is 1.73 bits per heavy atom. The molecule has 0 aromatic rings. The molecule has 0 spiro atoms. The topological polar surface area (TPSA) is 41.7 Å². The quantitative estimate of drug-likeness (QED) is 0.700. The number of nitrogens with zero attached hydrogens (tertiary/aromatic N) is 2. The maximum Gasteiger partial charge on any atom is 0.0484 e. The van der Waals surface area contributed by atoms with Crippen molar-refractivity contribution in [1.82, 2.24) is 9.80 Å². The Labute approximate surface area is 93.4 Å². The fourth-order valence-corrected chi connectivity index (χ4v) is 2.08. The van der Waals surface area contributed by atoms with Crippen LogP contribution in [0.2, 0.25) is 0 Å². The molecule has 0 bridgehead atoms. The molecule has 0 aliphatic carbocycles. The van der Waals surface area contributed by atoms with E-state index in [1.54, 1.807) is 0 Å².